The molecule has 1 aromatic heterocycles. The normalized spacial score (nSPS) is 12.2. The molecule has 0 saturated carbocycles. The molecule has 0 spiro atoms. The molecule has 20 heavy (non-hydrogen) atoms. The fourth-order valence-electron chi connectivity index (χ4n) is 1.64. The zero-order valence-electron chi connectivity index (χ0n) is 11.1. The van der Waals surface area contributed by atoms with Gasteiger partial charge >= 0.3 is 0 Å². The van der Waals surface area contributed by atoms with E-state index in [9.17, 15) is 4.79 Å². The van der Waals surface area contributed by atoms with Crippen molar-refractivity contribution in [3.05, 3.63) is 41.0 Å². The summed E-state index contributed by atoms with van der Waals surface area (Å²) in [5.41, 5.74) is 6.68. The summed E-state index contributed by atoms with van der Waals surface area (Å²) < 4.78 is 5.16. The molecule has 0 radical (unpaired) electrons. The van der Waals surface area contributed by atoms with Gasteiger partial charge in [0.15, 0.2) is 11.5 Å². The molecular formula is C14H16ClN3O2. The molecule has 0 aliphatic rings. The SMILES string of the molecule is CC(N)CCNC(=O)c1cc(-c2ccc(Cl)cc2)on1. The molecule has 3 N–H and O–H groups in total. The molecule has 1 heterocycles. The lowest BCUT2D eigenvalue weighted by molar-refractivity contribution is 0.0944. The smallest absolute Gasteiger partial charge is 0.273 e. The summed E-state index contributed by atoms with van der Waals surface area (Å²) in [6.45, 7) is 2.40. The van der Waals surface area contributed by atoms with Crippen molar-refractivity contribution in [3.8, 4) is 11.3 Å². The largest absolute Gasteiger partial charge is 0.355 e. The third kappa shape index (κ3) is 3.82. The van der Waals surface area contributed by atoms with E-state index < -0.39 is 0 Å². The minimum Gasteiger partial charge on any atom is -0.355 e. The quantitative estimate of drug-likeness (QED) is 0.887. The van der Waals surface area contributed by atoms with Gasteiger partial charge < -0.3 is 15.6 Å². The van der Waals surface area contributed by atoms with E-state index in [4.69, 9.17) is 21.9 Å². The van der Waals surface area contributed by atoms with E-state index in [1.54, 1.807) is 30.3 Å². The third-order valence-electron chi connectivity index (χ3n) is 2.76. The number of nitrogens with two attached hydrogens (primary N) is 1. The van der Waals surface area contributed by atoms with Crippen LogP contribution in [0.2, 0.25) is 5.02 Å². The number of carbonyl (C=O) groups excluding carboxylic acids is 1. The van der Waals surface area contributed by atoms with Crippen molar-refractivity contribution >= 4 is 17.5 Å². The van der Waals surface area contributed by atoms with Gasteiger partial charge in [-0.05, 0) is 37.6 Å². The summed E-state index contributed by atoms with van der Waals surface area (Å²) in [5.74, 6) is 0.258. The number of amides is 1. The molecular weight excluding hydrogens is 278 g/mol. The molecule has 1 amide bonds. The minimum atomic E-state index is -0.269. The molecule has 1 unspecified atom stereocenters. The van der Waals surface area contributed by atoms with Crippen molar-refractivity contribution in [1.29, 1.82) is 0 Å². The van der Waals surface area contributed by atoms with Gasteiger partial charge in [-0.15, -0.1) is 0 Å². The second kappa shape index (κ2) is 6.54. The molecule has 0 aliphatic heterocycles. The van der Waals surface area contributed by atoms with Crippen LogP contribution < -0.4 is 11.1 Å². The number of nitrogens with zero attached hydrogens (tertiary/aromatic N) is 1. The van der Waals surface area contributed by atoms with Crippen molar-refractivity contribution in [2.45, 2.75) is 19.4 Å². The van der Waals surface area contributed by atoms with Crippen LogP contribution in [0.4, 0.5) is 0 Å². The average molecular weight is 294 g/mol. The van der Waals surface area contributed by atoms with Crippen LogP contribution in [-0.2, 0) is 0 Å². The average Bonchev–Trinajstić information content (AvgIpc) is 2.88. The maximum Gasteiger partial charge on any atom is 0.273 e. The number of aromatic nitrogens is 1. The summed E-state index contributed by atoms with van der Waals surface area (Å²) in [7, 11) is 0. The Morgan fingerprint density at radius 3 is 2.80 bits per heavy atom. The Morgan fingerprint density at radius 1 is 1.45 bits per heavy atom. The first-order valence-corrected chi connectivity index (χ1v) is 6.70. The van der Waals surface area contributed by atoms with Crippen molar-refractivity contribution in [1.82, 2.24) is 10.5 Å². The van der Waals surface area contributed by atoms with E-state index in [0.29, 0.717) is 23.7 Å². The Balaban J connectivity index is 2.01. The molecule has 6 heteroatoms. The highest BCUT2D eigenvalue weighted by Gasteiger charge is 2.13. The highest BCUT2D eigenvalue weighted by Crippen LogP contribution is 2.22. The fraction of sp³-hybridized carbons (Fsp3) is 0.286. The molecule has 2 rings (SSSR count). The van der Waals surface area contributed by atoms with Crippen LogP contribution in [0.15, 0.2) is 34.9 Å². The van der Waals surface area contributed by atoms with E-state index in [0.717, 1.165) is 5.56 Å². The topological polar surface area (TPSA) is 81.1 Å². The number of nitrogens with one attached hydrogen (secondary N) is 1. The first-order chi connectivity index (χ1) is 9.56. The molecule has 5 nitrogen and oxygen atoms in total. The van der Waals surface area contributed by atoms with Crippen molar-refractivity contribution in [2.24, 2.45) is 5.73 Å². The van der Waals surface area contributed by atoms with Gasteiger partial charge in [0.05, 0.1) is 0 Å². The zero-order valence-corrected chi connectivity index (χ0v) is 11.9. The zero-order chi connectivity index (χ0) is 14.5. The van der Waals surface area contributed by atoms with Crippen molar-refractivity contribution in [3.63, 3.8) is 0 Å². The highest BCUT2D eigenvalue weighted by atomic mass is 35.5. The summed E-state index contributed by atoms with van der Waals surface area (Å²) in [5, 5.41) is 7.14. The molecule has 0 bridgehead atoms. The Labute approximate surface area is 122 Å². The number of hydrogen-bond donors (Lipinski definition) is 2. The molecule has 106 valence electrons. The molecule has 0 saturated heterocycles. The Hall–Kier alpha value is -1.85. The van der Waals surface area contributed by atoms with Crippen LogP contribution in [0.5, 0.6) is 0 Å². The maximum absolute atomic E-state index is 11.8. The van der Waals surface area contributed by atoms with Crippen LogP contribution >= 0.6 is 11.6 Å². The lowest BCUT2D eigenvalue weighted by atomic mass is 10.1. The Kier molecular flexibility index (Phi) is 4.76. The van der Waals surface area contributed by atoms with Gasteiger partial charge in [-0.25, -0.2) is 0 Å². The summed E-state index contributed by atoms with van der Waals surface area (Å²) in [4.78, 5) is 11.8. The molecule has 1 atom stereocenters. The number of rotatable bonds is 5. The molecule has 2 aromatic rings. The second-order valence-electron chi connectivity index (χ2n) is 4.61. The lowest BCUT2D eigenvalue weighted by Gasteiger charge is -2.04. The predicted octanol–water partition coefficient (Wildman–Crippen LogP) is 2.46. The lowest BCUT2D eigenvalue weighted by Crippen LogP contribution is -2.29. The number of halogens is 1. The van der Waals surface area contributed by atoms with Gasteiger partial charge in [-0.2, -0.15) is 0 Å². The molecule has 0 aliphatic carbocycles. The van der Waals surface area contributed by atoms with E-state index in [2.05, 4.69) is 10.5 Å². The van der Waals surface area contributed by atoms with Crippen LogP contribution in [0.1, 0.15) is 23.8 Å². The second-order valence-corrected chi connectivity index (χ2v) is 5.04. The van der Waals surface area contributed by atoms with Crippen molar-refractivity contribution in [2.75, 3.05) is 6.54 Å². The van der Waals surface area contributed by atoms with Crippen LogP contribution in [0, 0.1) is 0 Å². The van der Waals surface area contributed by atoms with E-state index in [-0.39, 0.29) is 17.6 Å². The van der Waals surface area contributed by atoms with E-state index in [1.807, 2.05) is 6.92 Å². The van der Waals surface area contributed by atoms with Crippen LogP contribution in [0.3, 0.4) is 0 Å². The number of hydrogen-bond acceptors (Lipinski definition) is 4. The van der Waals surface area contributed by atoms with E-state index >= 15 is 0 Å². The first-order valence-electron chi connectivity index (χ1n) is 6.32. The monoisotopic (exact) mass is 293 g/mol. The first kappa shape index (κ1) is 14.6. The van der Waals surface area contributed by atoms with Gasteiger partial charge in [-0.3, -0.25) is 4.79 Å². The van der Waals surface area contributed by atoms with E-state index in [1.165, 1.54) is 0 Å². The summed E-state index contributed by atoms with van der Waals surface area (Å²) in [6, 6.07) is 8.77. The standard InChI is InChI=1S/C14H16ClN3O2/c1-9(16)6-7-17-14(19)12-8-13(20-18-12)10-2-4-11(15)5-3-10/h2-5,8-9H,6-7,16H2,1H3,(H,17,19). The summed E-state index contributed by atoms with van der Waals surface area (Å²) in [6.07, 6.45) is 0.716. The van der Waals surface area contributed by atoms with Gasteiger partial charge in [0.2, 0.25) is 0 Å². The predicted molar refractivity (Wildman–Crippen MR) is 77.5 cm³/mol. The van der Waals surface area contributed by atoms with Crippen molar-refractivity contribution < 1.29 is 9.32 Å². The van der Waals surface area contributed by atoms with Gasteiger partial charge in [0, 0.05) is 29.2 Å². The maximum atomic E-state index is 11.8. The highest BCUT2D eigenvalue weighted by molar-refractivity contribution is 6.30. The third-order valence-corrected chi connectivity index (χ3v) is 3.01. The van der Waals surface area contributed by atoms with Gasteiger partial charge in [0.25, 0.3) is 5.91 Å². The van der Waals surface area contributed by atoms with Crippen LogP contribution in [-0.4, -0.2) is 23.7 Å². The fourth-order valence-corrected chi connectivity index (χ4v) is 1.76. The van der Waals surface area contributed by atoms with Gasteiger partial charge in [0.1, 0.15) is 0 Å². The molecule has 1 aromatic carbocycles. The van der Waals surface area contributed by atoms with Crippen LogP contribution in [0.25, 0.3) is 11.3 Å². The van der Waals surface area contributed by atoms with Gasteiger partial charge in [-0.1, -0.05) is 16.8 Å². The summed E-state index contributed by atoms with van der Waals surface area (Å²) >= 11 is 5.82. The Morgan fingerprint density at radius 2 is 2.15 bits per heavy atom. The number of carbonyl (C=O) groups is 1. The minimum absolute atomic E-state index is 0.0530. The number of benzene rings is 1. The molecule has 0 fully saturated rings. The Bertz CT molecular complexity index is 578.